The van der Waals surface area contributed by atoms with Crippen LogP contribution in [0.4, 0.5) is 13.2 Å². The molecule has 3 unspecified atom stereocenters. The van der Waals surface area contributed by atoms with Crippen molar-refractivity contribution in [3.8, 4) is 0 Å². The van der Waals surface area contributed by atoms with Crippen molar-refractivity contribution in [1.82, 2.24) is 5.32 Å². The van der Waals surface area contributed by atoms with Gasteiger partial charge in [-0.3, -0.25) is 0 Å². The maximum atomic E-state index is 13.2. The zero-order valence-electron chi connectivity index (χ0n) is 11.7. The standard InChI is InChI=1S/C15H22F3NO/c1-2-19-14(10-11-6-5-9-20-11)12-7-3-4-8-13(12)15(16,17)18/h5-6,9,12-14,19H,2-4,7-8,10H2,1H3. The minimum absolute atomic E-state index is 0.168. The molecule has 2 nitrogen and oxygen atoms in total. The van der Waals surface area contributed by atoms with Crippen molar-refractivity contribution in [3.63, 3.8) is 0 Å². The van der Waals surface area contributed by atoms with Crippen molar-refractivity contribution in [2.24, 2.45) is 11.8 Å². The second-order valence-electron chi connectivity index (χ2n) is 5.54. The zero-order chi connectivity index (χ0) is 14.6. The first-order valence-corrected chi connectivity index (χ1v) is 7.35. The van der Waals surface area contributed by atoms with Crippen LogP contribution in [0.2, 0.25) is 0 Å². The van der Waals surface area contributed by atoms with Gasteiger partial charge in [0.2, 0.25) is 0 Å². The van der Waals surface area contributed by atoms with Gasteiger partial charge in [0, 0.05) is 12.5 Å². The highest BCUT2D eigenvalue weighted by Crippen LogP contribution is 2.43. The highest BCUT2D eigenvalue weighted by atomic mass is 19.4. The van der Waals surface area contributed by atoms with Gasteiger partial charge in [-0.05, 0) is 37.4 Å². The van der Waals surface area contributed by atoms with E-state index in [1.54, 1.807) is 12.3 Å². The minimum atomic E-state index is -4.10. The summed E-state index contributed by atoms with van der Waals surface area (Å²) in [4.78, 5) is 0. The van der Waals surface area contributed by atoms with E-state index in [4.69, 9.17) is 4.42 Å². The summed E-state index contributed by atoms with van der Waals surface area (Å²) in [6, 6.07) is 3.44. The number of furan rings is 1. The summed E-state index contributed by atoms with van der Waals surface area (Å²) in [7, 11) is 0. The molecule has 20 heavy (non-hydrogen) atoms. The fraction of sp³-hybridized carbons (Fsp3) is 0.733. The van der Waals surface area contributed by atoms with Crippen LogP contribution in [-0.4, -0.2) is 18.8 Å². The molecule has 1 aliphatic rings. The van der Waals surface area contributed by atoms with Gasteiger partial charge in [0.15, 0.2) is 0 Å². The molecule has 0 amide bonds. The summed E-state index contributed by atoms with van der Waals surface area (Å²) >= 11 is 0. The van der Waals surface area contributed by atoms with Crippen LogP contribution in [0.25, 0.3) is 0 Å². The number of nitrogens with one attached hydrogen (secondary N) is 1. The Balaban J connectivity index is 2.12. The third-order valence-electron chi connectivity index (χ3n) is 4.22. The number of halogens is 3. The number of likely N-dealkylation sites (N-methyl/N-ethyl adjacent to an activating group) is 1. The highest BCUT2D eigenvalue weighted by Gasteiger charge is 2.47. The van der Waals surface area contributed by atoms with E-state index in [1.165, 1.54) is 0 Å². The minimum Gasteiger partial charge on any atom is -0.469 e. The summed E-state index contributed by atoms with van der Waals surface area (Å²) < 4.78 is 45.0. The van der Waals surface area contributed by atoms with Gasteiger partial charge in [0.25, 0.3) is 0 Å². The normalized spacial score (nSPS) is 25.6. The predicted molar refractivity (Wildman–Crippen MR) is 71.4 cm³/mol. The quantitative estimate of drug-likeness (QED) is 0.880. The fourth-order valence-corrected chi connectivity index (χ4v) is 3.33. The van der Waals surface area contributed by atoms with Gasteiger partial charge in [0.05, 0.1) is 12.2 Å². The summed E-state index contributed by atoms with van der Waals surface area (Å²) in [6.07, 6.45) is 0.467. The maximum Gasteiger partial charge on any atom is 0.392 e. The Kier molecular flexibility index (Phi) is 5.13. The largest absolute Gasteiger partial charge is 0.469 e. The lowest BCUT2D eigenvalue weighted by Gasteiger charge is -2.38. The van der Waals surface area contributed by atoms with Crippen LogP contribution in [0.1, 0.15) is 38.4 Å². The van der Waals surface area contributed by atoms with Crippen LogP contribution in [0, 0.1) is 11.8 Å². The first kappa shape index (κ1) is 15.4. The Morgan fingerprint density at radius 2 is 2.10 bits per heavy atom. The molecule has 1 aliphatic carbocycles. The molecule has 1 N–H and O–H groups in total. The topological polar surface area (TPSA) is 25.2 Å². The van der Waals surface area contributed by atoms with Crippen LogP contribution in [0.15, 0.2) is 22.8 Å². The molecule has 1 aromatic heterocycles. The molecule has 2 rings (SSSR count). The van der Waals surface area contributed by atoms with Gasteiger partial charge < -0.3 is 9.73 Å². The molecule has 0 aromatic carbocycles. The highest BCUT2D eigenvalue weighted by molar-refractivity contribution is 5.02. The summed E-state index contributed by atoms with van der Waals surface area (Å²) in [5, 5.41) is 3.23. The van der Waals surface area contributed by atoms with Crippen LogP contribution in [-0.2, 0) is 6.42 Å². The lowest BCUT2D eigenvalue weighted by Crippen LogP contribution is -2.46. The third-order valence-corrected chi connectivity index (χ3v) is 4.22. The Morgan fingerprint density at radius 3 is 2.70 bits per heavy atom. The Labute approximate surface area is 117 Å². The number of alkyl halides is 3. The van der Waals surface area contributed by atoms with Crippen molar-refractivity contribution in [1.29, 1.82) is 0 Å². The molecule has 0 aliphatic heterocycles. The smallest absolute Gasteiger partial charge is 0.392 e. The van der Waals surface area contributed by atoms with E-state index in [9.17, 15) is 13.2 Å². The monoisotopic (exact) mass is 289 g/mol. The molecule has 1 saturated carbocycles. The zero-order valence-corrected chi connectivity index (χ0v) is 11.7. The van der Waals surface area contributed by atoms with Gasteiger partial charge in [-0.25, -0.2) is 0 Å². The van der Waals surface area contributed by atoms with Crippen molar-refractivity contribution in [3.05, 3.63) is 24.2 Å². The van der Waals surface area contributed by atoms with E-state index in [-0.39, 0.29) is 18.4 Å². The molecule has 0 spiro atoms. The lowest BCUT2D eigenvalue weighted by molar-refractivity contribution is -0.199. The summed E-state index contributed by atoms with van der Waals surface area (Å²) in [5.74, 6) is -0.786. The molecule has 0 saturated heterocycles. The second kappa shape index (κ2) is 6.66. The summed E-state index contributed by atoms with van der Waals surface area (Å²) in [5.41, 5.74) is 0. The molecule has 0 radical (unpaired) electrons. The van der Waals surface area contributed by atoms with Crippen molar-refractivity contribution < 1.29 is 17.6 Å². The predicted octanol–water partition coefficient (Wildman–Crippen LogP) is 4.17. The Hall–Kier alpha value is -0.970. The molecule has 3 atom stereocenters. The van der Waals surface area contributed by atoms with Gasteiger partial charge in [0.1, 0.15) is 5.76 Å². The third kappa shape index (κ3) is 3.78. The maximum absolute atomic E-state index is 13.2. The molecule has 0 bridgehead atoms. The first-order chi connectivity index (χ1) is 9.52. The van der Waals surface area contributed by atoms with Crippen LogP contribution < -0.4 is 5.32 Å². The lowest BCUT2D eigenvalue weighted by atomic mass is 9.73. The SMILES string of the molecule is CCNC(Cc1ccco1)C1CCCCC1C(F)(F)F. The fourth-order valence-electron chi connectivity index (χ4n) is 3.33. The van der Waals surface area contributed by atoms with Crippen LogP contribution in [0.3, 0.4) is 0 Å². The molecule has 114 valence electrons. The first-order valence-electron chi connectivity index (χ1n) is 7.35. The second-order valence-corrected chi connectivity index (χ2v) is 5.54. The van der Waals surface area contributed by atoms with Crippen molar-refractivity contribution in [2.75, 3.05) is 6.54 Å². The molecule has 1 fully saturated rings. The van der Waals surface area contributed by atoms with E-state index in [0.29, 0.717) is 25.8 Å². The van der Waals surface area contributed by atoms with Gasteiger partial charge in [-0.15, -0.1) is 0 Å². The van der Waals surface area contributed by atoms with Gasteiger partial charge in [-0.2, -0.15) is 13.2 Å². The Morgan fingerprint density at radius 1 is 1.35 bits per heavy atom. The molecule has 5 heteroatoms. The molecule has 1 aromatic rings. The number of hydrogen-bond donors (Lipinski definition) is 1. The number of hydrogen-bond acceptors (Lipinski definition) is 2. The van der Waals surface area contributed by atoms with E-state index >= 15 is 0 Å². The van der Waals surface area contributed by atoms with Crippen molar-refractivity contribution in [2.45, 2.75) is 51.2 Å². The number of rotatable bonds is 5. The molecular formula is C15H22F3NO. The Bertz CT molecular complexity index is 388. The summed E-state index contributed by atoms with van der Waals surface area (Å²) in [6.45, 7) is 2.60. The average molecular weight is 289 g/mol. The van der Waals surface area contributed by atoms with Crippen molar-refractivity contribution >= 4 is 0 Å². The van der Waals surface area contributed by atoms with Crippen LogP contribution in [0.5, 0.6) is 0 Å². The van der Waals surface area contributed by atoms with E-state index in [0.717, 1.165) is 12.2 Å². The molecular weight excluding hydrogens is 267 g/mol. The average Bonchev–Trinajstić information content (AvgIpc) is 2.90. The van der Waals surface area contributed by atoms with Crippen LogP contribution >= 0.6 is 0 Å². The van der Waals surface area contributed by atoms with E-state index < -0.39 is 12.1 Å². The van der Waals surface area contributed by atoms with E-state index in [2.05, 4.69) is 5.32 Å². The van der Waals surface area contributed by atoms with Gasteiger partial charge in [-0.1, -0.05) is 19.8 Å². The molecule has 1 heterocycles. The van der Waals surface area contributed by atoms with E-state index in [1.807, 2.05) is 13.0 Å². The van der Waals surface area contributed by atoms with Gasteiger partial charge >= 0.3 is 6.18 Å².